The van der Waals surface area contributed by atoms with Crippen molar-refractivity contribution in [3.63, 3.8) is 0 Å². The maximum atomic E-state index is 11.8. The van der Waals surface area contributed by atoms with Gasteiger partial charge >= 0.3 is 5.69 Å². The molecule has 1 aromatic heterocycles. The van der Waals surface area contributed by atoms with Crippen LogP contribution in [0.3, 0.4) is 0 Å². The predicted molar refractivity (Wildman–Crippen MR) is 64.1 cm³/mol. The van der Waals surface area contributed by atoms with Gasteiger partial charge < -0.3 is 5.73 Å². The van der Waals surface area contributed by atoms with Gasteiger partial charge in [0.05, 0.1) is 0 Å². The molecule has 0 aliphatic heterocycles. The van der Waals surface area contributed by atoms with Gasteiger partial charge in [-0.15, -0.1) is 0 Å². The third kappa shape index (κ3) is 1.72. The van der Waals surface area contributed by atoms with Crippen LogP contribution in [-0.2, 0) is 0 Å². The summed E-state index contributed by atoms with van der Waals surface area (Å²) in [5.74, 6) is 2.12. The predicted octanol–water partition coefficient (Wildman–Crippen LogP) is 1.68. The largest absolute Gasteiger partial charge is 0.383 e. The van der Waals surface area contributed by atoms with E-state index >= 15 is 0 Å². The molecule has 2 N–H and O–H groups in total. The van der Waals surface area contributed by atoms with E-state index in [-0.39, 0.29) is 11.7 Å². The van der Waals surface area contributed by atoms with Gasteiger partial charge in [-0.2, -0.15) is 4.98 Å². The number of rotatable bonds is 1. The Bertz CT molecular complexity index is 440. The fourth-order valence-corrected chi connectivity index (χ4v) is 2.72. The van der Waals surface area contributed by atoms with Crippen LogP contribution < -0.4 is 11.4 Å². The molecule has 1 heterocycles. The molecule has 0 spiro atoms. The van der Waals surface area contributed by atoms with Crippen molar-refractivity contribution in [3.05, 3.63) is 22.7 Å². The lowest BCUT2D eigenvalue weighted by Gasteiger charge is -2.20. The van der Waals surface area contributed by atoms with Gasteiger partial charge in [-0.3, -0.25) is 4.57 Å². The minimum absolute atomic E-state index is 0.224. The van der Waals surface area contributed by atoms with E-state index in [2.05, 4.69) is 25.8 Å². The molecular weight excluding hydrogens is 202 g/mol. The van der Waals surface area contributed by atoms with Crippen molar-refractivity contribution >= 4 is 5.82 Å². The Hall–Kier alpha value is -1.32. The van der Waals surface area contributed by atoms with Crippen LogP contribution in [-0.4, -0.2) is 9.55 Å². The molecular formula is C12H19N3O. The number of aromatic nitrogens is 2. The van der Waals surface area contributed by atoms with Crippen molar-refractivity contribution in [1.82, 2.24) is 9.55 Å². The normalized spacial score (nSPS) is 34.2. The summed E-state index contributed by atoms with van der Waals surface area (Å²) in [6, 6.07) is 1.97. The lowest BCUT2D eigenvalue weighted by atomic mass is 9.93. The van der Waals surface area contributed by atoms with E-state index in [0.717, 1.165) is 6.42 Å². The lowest BCUT2D eigenvalue weighted by molar-refractivity contribution is 0.330. The van der Waals surface area contributed by atoms with Crippen LogP contribution in [0.15, 0.2) is 17.1 Å². The van der Waals surface area contributed by atoms with Gasteiger partial charge in [0.1, 0.15) is 5.82 Å². The molecule has 0 saturated heterocycles. The van der Waals surface area contributed by atoms with Crippen LogP contribution in [0, 0.1) is 17.8 Å². The first kappa shape index (κ1) is 11.2. The number of anilines is 1. The van der Waals surface area contributed by atoms with E-state index in [0.29, 0.717) is 23.6 Å². The Morgan fingerprint density at radius 1 is 1.38 bits per heavy atom. The molecule has 0 bridgehead atoms. The van der Waals surface area contributed by atoms with Crippen LogP contribution in [0.5, 0.6) is 0 Å². The molecule has 1 saturated carbocycles. The molecule has 0 radical (unpaired) electrons. The summed E-state index contributed by atoms with van der Waals surface area (Å²) in [7, 11) is 0. The standard InChI is InChI=1S/C12H19N3O/c1-7-6-10(9(3)8(7)2)15-5-4-11(13)14-12(15)16/h4-5,7-10H,6H2,1-3H3,(H2,13,14,16). The highest BCUT2D eigenvalue weighted by molar-refractivity contribution is 5.23. The average molecular weight is 221 g/mol. The Balaban J connectivity index is 2.35. The smallest absolute Gasteiger partial charge is 0.349 e. The third-order valence-electron chi connectivity index (χ3n) is 4.16. The summed E-state index contributed by atoms with van der Waals surface area (Å²) >= 11 is 0. The van der Waals surface area contributed by atoms with Crippen molar-refractivity contribution in [3.8, 4) is 0 Å². The van der Waals surface area contributed by atoms with E-state index in [1.54, 1.807) is 16.8 Å². The molecule has 4 unspecified atom stereocenters. The minimum atomic E-state index is -0.224. The molecule has 16 heavy (non-hydrogen) atoms. The molecule has 4 nitrogen and oxygen atoms in total. The highest BCUT2D eigenvalue weighted by Crippen LogP contribution is 2.42. The van der Waals surface area contributed by atoms with Gasteiger partial charge in [0, 0.05) is 12.2 Å². The van der Waals surface area contributed by atoms with Gasteiger partial charge in [0.15, 0.2) is 0 Å². The van der Waals surface area contributed by atoms with Crippen LogP contribution in [0.4, 0.5) is 5.82 Å². The molecule has 4 atom stereocenters. The zero-order chi connectivity index (χ0) is 11.9. The van der Waals surface area contributed by atoms with E-state index in [1.807, 2.05) is 0 Å². The molecule has 0 aromatic carbocycles. The van der Waals surface area contributed by atoms with Crippen LogP contribution >= 0.6 is 0 Å². The molecule has 1 fully saturated rings. The van der Waals surface area contributed by atoms with Crippen molar-refractivity contribution in [2.24, 2.45) is 17.8 Å². The van der Waals surface area contributed by atoms with Gasteiger partial charge in [0.2, 0.25) is 0 Å². The molecule has 1 aromatic rings. The number of nitrogens with two attached hydrogens (primary N) is 1. The third-order valence-corrected chi connectivity index (χ3v) is 4.16. The fraction of sp³-hybridized carbons (Fsp3) is 0.667. The number of nitrogens with zero attached hydrogens (tertiary/aromatic N) is 2. The van der Waals surface area contributed by atoms with Crippen molar-refractivity contribution in [2.75, 3.05) is 5.73 Å². The van der Waals surface area contributed by atoms with E-state index in [4.69, 9.17) is 5.73 Å². The molecule has 4 heteroatoms. The van der Waals surface area contributed by atoms with Crippen molar-refractivity contribution < 1.29 is 0 Å². The molecule has 1 aliphatic rings. The lowest BCUT2D eigenvalue weighted by Crippen LogP contribution is -2.29. The molecule has 0 amide bonds. The van der Waals surface area contributed by atoms with Crippen molar-refractivity contribution in [2.45, 2.75) is 33.2 Å². The van der Waals surface area contributed by atoms with E-state index < -0.39 is 0 Å². The highest BCUT2D eigenvalue weighted by Gasteiger charge is 2.36. The Labute approximate surface area is 95.5 Å². The topological polar surface area (TPSA) is 60.9 Å². The summed E-state index contributed by atoms with van der Waals surface area (Å²) in [4.78, 5) is 15.5. The first-order valence-electron chi connectivity index (χ1n) is 5.85. The maximum Gasteiger partial charge on any atom is 0.349 e. The second-order valence-electron chi connectivity index (χ2n) is 5.04. The summed E-state index contributed by atoms with van der Waals surface area (Å²) in [6.45, 7) is 6.71. The minimum Gasteiger partial charge on any atom is -0.383 e. The van der Waals surface area contributed by atoms with Crippen LogP contribution in [0.2, 0.25) is 0 Å². The number of nitrogen functional groups attached to an aromatic ring is 1. The first-order chi connectivity index (χ1) is 7.50. The summed E-state index contributed by atoms with van der Waals surface area (Å²) in [6.07, 6.45) is 2.82. The van der Waals surface area contributed by atoms with Gasteiger partial charge in [-0.1, -0.05) is 20.8 Å². The fourth-order valence-electron chi connectivity index (χ4n) is 2.72. The van der Waals surface area contributed by atoms with Gasteiger partial charge in [0.25, 0.3) is 0 Å². The van der Waals surface area contributed by atoms with Crippen LogP contribution in [0.25, 0.3) is 0 Å². The van der Waals surface area contributed by atoms with E-state index in [9.17, 15) is 4.79 Å². The second-order valence-corrected chi connectivity index (χ2v) is 5.04. The van der Waals surface area contributed by atoms with Gasteiger partial charge in [-0.05, 0) is 30.2 Å². The monoisotopic (exact) mass is 221 g/mol. The summed E-state index contributed by atoms with van der Waals surface area (Å²) in [5, 5.41) is 0. The quantitative estimate of drug-likeness (QED) is 0.784. The van der Waals surface area contributed by atoms with Crippen LogP contribution in [0.1, 0.15) is 33.2 Å². The Kier molecular flexibility index (Phi) is 2.74. The number of hydrogen-bond acceptors (Lipinski definition) is 3. The number of hydrogen-bond donors (Lipinski definition) is 1. The molecule has 1 aliphatic carbocycles. The Morgan fingerprint density at radius 2 is 2.06 bits per heavy atom. The average Bonchev–Trinajstić information content (AvgIpc) is 2.46. The first-order valence-corrected chi connectivity index (χ1v) is 5.85. The van der Waals surface area contributed by atoms with E-state index in [1.165, 1.54) is 0 Å². The molecule has 88 valence electrons. The zero-order valence-corrected chi connectivity index (χ0v) is 10.1. The second kappa shape index (κ2) is 3.92. The zero-order valence-electron chi connectivity index (χ0n) is 10.1. The summed E-state index contributed by atoms with van der Waals surface area (Å²) < 4.78 is 1.74. The van der Waals surface area contributed by atoms with Gasteiger partial charge in [-0.25, -0.2) is 4.79 Å². The highest BCUT2D eigenvalue weighted by atomic mass is 16.1. The van der Waals surface area contributed by atoms with Crippen molar-refractivity contribution in [1.29, 1.82) is 0 Å². The summed E-state index contributed by atoms with van der Waals surface area (Å²) in [5.41, 5.74) is 5.27. The SMILES string of the molecule is CC1CC(n2ccc(N)nc2=O)C(C)C1C. The molecule has 2 rings (SSSR count). The maximum absolute atomic E-state index is 11.8. The Morgan fingerprint density at radius 3 is 2.56 bits per heavy atom.